The Bertz CT molecular complexity index is 791. The first-order chi connectivity index (χ1) is 13.0. The van der Waals surface area contributed by atoms with Crippen LogP contribution in [0.2, 0.25) is 0 Å². The number of hydrogen-bond acceptors (Lipinski definition) is 4. The van der Waals surface area contributed by atoms with Gasteiger partial charge >= 0.3 is 0 Å². The number of carbonyl (C=O) groups is 1. The topological polar surface area (TPSA) is 47.0 Å². The second-order valence-corrected chi connectivity index (χ2v) is 7.01. The molecule has 2 aromatic rings. The lowest BCUT2D eigenvalue weighted by Gasteiger charge is -2.39. The third kappa shape index (κ3) is 4.57. The van der Waals surface area contributed by atoms with Gasteiger partial charge in [0.05, 0.1) is 11.7 Å². The molecule has 1 fully saturated rings. The number of nitrogens with zero attached hydrogens (tertiary/aromatic N) is 3. The number of rotatable bonds is 5. The fourth-order valence-corrected chi connectivity index (χ4v) is 3.54. The summed E-state index contributed by atoms with van der Waals surface area (Å²) in [6, 6.07) is 13.4. The van der Waals surface area contributed by atoms with Crippen LogP contribution >= 0.6 is 0 Å². The standard InChI is InChI=1S/C21H26FN3O2/c1-16(21(27)23(2)15-17-6-5-7-18(22)14-17)24-10-12-25(13-11-24)19-8-3-4-9-20(19)26/h3-9,14,16,26H,10-13,15H2,1-2H3/t16-/m1/s1. The van der Waals surface area contributed by atoms with Gasteiger partial charge in [-0.15, -0.1) is 0 Å². The van der Waals surface area contributed by atoms with Crippen molar-refractivity contribution in [2.75, 3.05) is 38.1 Å². The van der Waals surface area contributed by atoms with E-state index in [-0.39, 0.29) is 23.5 Å². The number of amides is 1. The number of piperazine rings is 1. The van der Waals surface area contributed by atoms with Crippen molar-refractivity contribution in [2.24, 2.45) is 0 Å². The molecule has 0 unspecified atom stereocenters. The number of likely N-dealkylation sites (N-methyl/N-ethyl adjacent to an activating group) is 1. The number of carbonyl (C=O) groups excluding carboxylic acids is 1. The molecule has 0 saturated carbocycles. The Labute approximate surface area is 159 Å². The molecule has 0 spiro atoms. The van der Waals surface area contributed by atoms with Gasteiger partial charge in [-0.05, 0) is 36.8 Å². The Morgan fingerprint density at radius 1 is 1.15 bits per heavy atom. The molecule has 144 valence electrons. The van der Waals surface area contributed by atoms with Gasteiger partial charge in [-0.2, -0.15) is 0 Å². The number of anilines is 1. The van der Waals surface area contributed by atoms with E-state index in [9.17, 15) is 14.3 Å². The van der Waals surface area contributed by atoms with Crippen LogP contribution in [-0.2, 0) is 11.3 Å². The molecule has 1 aliphatic heterocycles. The van der Waals surface area contributed by atoms with Crippen molar-refractivity contribution in [1.29, 1.82) is 0 Å². The summed E-state index contributed by atoms with van der Waals surface area (Å²) in [6.45, 7) is 5.30. The number of benzene rings is 2. The Balaban J connectivity index is 1.56. The molecule has 0 aliphatic carbocycles. The van der Waals surface area contributed by atoms with Crippen LogP contribution in [0.1, 0.15) is 12.5 Å². The van der Waals surface area contributed by atoms with Crippen LogP contribution in [0.5, 0.6) is 5.75 Å². The van der Waals surface area contributed by atoms with Crippen LogP contribution in [-0.4, -0.2) is 60.1 Å². The second kappa shape index (κ2) is 8.39. The Morgan fingerprint density at radius 2 is 1.85 bits per heavy atom. The minimum absolute atomic E-state index is 0.0234. The van der Waals surface area contributed by atoms with Crippen LogP contribution in [0.3, 0.4) is 0 Å². The van der Waals surface area contributed by atoms with Crippen LogP contribution in [0.4, 0.5) is 10.1 Å². The zero-order valence-corrected chi connectivity index (χ0v) is 15.8. The quantitative estimate of drug-likeness (QED) is 0.878. The van der Waals surface area contributed by atoms with E-state index in [4.69, 9.17) is 0 Å². The van der Waals surface area contributed by atoms with Gasteiger partial charge in [0.2, 0.25) is 5.91 Å². The van der Waals surface area contributed by atoms with Gasteiger partial charge < -0.3 is 14.9 Å². The Morgan fingerprint density at radius 3 is 2.52 bits per heavy atom. The van der Waals surface area contributed by atoms with Gasteiger partial charge in [0.25, 0.3) is 0 Å². The zero-order chi connectivity index (χ0) is 19.4. The van der Waals surface area contributed by atoms with Gasteiger partial charge in [-0.25, -0.2) is 4.39 Å². The minimum Gasteiger partial charge on any atom is -0.506 e. The molecule has 2 aromatic carbocycles. The summed E-state index contributed by atoms with van der Waals surface area (Å²) in [5.41, 5.74) is 1.61. The molecule has 1 N–H and O–H groups in total. The molecule has 6 heteroatoms. The monoisotopic (exact) mass is 371 g/mol. The molecule has 0 bridgehead atoms. The number of phenolic OH excluding ortho intramolecular Hbond substituents is 1. The fourth-order valence-electron chi connectivity index (χ4n) is 3.54. The predicted molar refractivity (Wildman–Crippen MR) is 104 cm³/mol. The maximum absolute atomic E-state index is 13.3. The minimum atomic E-state index is -0.290. The highest BCUT2D eigenvalue weighted by atomic mass is 19.1. The molecule has 1 saturated heterocycles. The normalized spacial score (nSPS) is 16.2. The van der Waals surface area contributed by atoms with E-state index in [0.717, 1.165) is 37.4 Å². The van der Waals surface area contributed by atoms with E-state index in [1.54, 1.807) is 24.1 Å². The number of para-hydroxylation sites is 2. The summed E-state index contributed by atoms with van der Waals surface area (Å²) in [5.74, 6) is 0.0156. The van der Waals surface area contributed by atoms with Crippen molar-refractivity contribution in [3.8, 4) is 5.75 Å². The first-order valence-electron chi connectivity index (χ1n) is 9.22. The summed E-state index contributed by atoms with van der Waals surface area (Å²) in [5, 5.41) is 10.0. The Kier molecular flexibility index (Phi) is 5.96. The lowest BCUT2D eigenvalue weighted by molar-refractivity contribution is -0.135. The molecule has 0 radical (unpaired) electrons. The highest BCUT2D eigenvalue weighted by Gasteiger charge is 2.28. The van der Waals surface area contributed by atoms with Crippen molar-refractivity contribution in [1.82, 2.24) is 9.80 Å². The smallest absolute Gasteiger partial charge is 0.239 e. The van der Waals surface area contributed by atoms with E-state index >= 15 is 0 Å². The molecule has 5 nitrogen and oxygen atoms in total. The number of halogens is 1. The van der Waals surface area contributed by atoms with Crippen LogP contribution < -0.4 is 4.90 Å². The molecule has 1 aliphatic rings. The lowest BCUT2D eigenvalue weighted by Crippen LogP contribution is -2.54. The maximum Gasteiger partial charge on any atom is 0.239 e. The van der Waals surface area contributed by atoms with Gasteiger partial charge in [-0.1, -0.05) is 24.3 Å². The first-order valence-corrected chi connectivity index (χ1v) is 9.22. The number of aromatic hydroxyl groups is 1. The average Bonchev–Trinajstić information content (AvgIpc) is 2.67. The molecule has 1 atom stereocenters. The second-order valence-electron chi connectivity index (χ2n) is 7.01. The fraction of sp³-hybridized carbons (Fsp3) is 0.381. The van der Waals surface area contributed by atoms with Crippen molar-refractivity contribution in [2.45, 2.75) is 19.5 Å². The molecule has 27 heavy (non-hydrogen) atoms. The van der Waals surface area contributed by atoms with E-state index in [1.165, 1.54) is 12.1 Å². The number of hydrogen-bond donors (Lipinski definition) is 1. The molecule has 1 heterocycles. The van der Waals surface area contributed by atoms with Gasteiger partial charge in [0.15, 0.2) is 0 Å². The summed E-state index contributed by atoms with van der Waals surface area (Å²) >= 11 is 0. The molecule has 0 aromatic heterocycles. The molecule has 1 amide bonds. The largest absolute Gasteiger partial charge is 0.506 e. The van der Waals surface area contributed by atoms with E-state index in [2.05, 4.69) is 9.80 Å². The third-order valence-corrected chi connectivity index (χ3v) is 5.13. The third-order valence-electron chi connectivity index (χ3n) is 5.13. The summed E-state index contributed by atoms with van der Waals surface area (Å²) < 4.78 is 13.3. The molecular weight excluding hydrogens is 345 g/mol. The van der Waals surface area contributed by atoms with Crippen molar-refractivity contribution >= 4 is 11.6 Å². The summed E-state index contributed by atoms with van der Waals surface area (Å²) in [4.78, 5) is 18.7. The maximum atomic E-state index is 13.3. The molecular formula is C21H26FN3O2. The van der Waals surface area contributed by atoms with E-state index in [0.29, 0.717) is 6.54 Å². The summed E-state index contributed by atoms with van der Waals surface area (Å²) in [7, 11) is 1.75. The zero-order valence-electron chi connectivity index (χ0n) is 15.8. The van der Waals surface area contributed by atoms with Gasteiger partial charge in [-0.3, -0.25) is 9.69 Å². The van der Waals surface area contributed by atoms with E-state index in [1.807, 2.05) is 31.2 Å². The SMILES string of the molecule is C[C@H](C(=O)N(C)Cc1cccc(F)c1)N1CCN(c2ccccc2O)CC1. The first kappa shape index (κ1) is 19.2. The molecule has 3 rings (SSSR count). The van der Waals surface area contributed by atoms with Crippen LogP contribution in [0, 0.1) is 5.82 Å². The van der Waals surface area contributed by atoms with Crippen LogP contribution in [0.15, 0.2) is 48.5 Å². The van der Waals surface area contributed by atoms with Crippen molar-refractivity contribution < 1.29 is 14.3 Å². The van der Waals surface area contributed by atoms with Crippen molar-refractivity contribution in [3.05, 3.63) is 59.9 Å². The van der Waals surface area contributed by atoms with E-state index < -0.39 is 0 Å². The van der Waals surface area contributed by atoms with Gasteiger partial charge in [0, 0.05) is 39.8 Å². The van der Waals surface area contributed by atoms with Gasteiger partial charge in [0.1, 0.15) is 11.6 Å². The van der Waals surface area contributed by atoms with Crippen molar-refractivity contribution in [3.63, 3.8) is 0 Å². The predicted octanol–water partition coefficient (Wildman–Crippen LogP) is 2.70. The Hall–Kier alpha value is -2.60. The van der Waals surface area contributed by atoms with Crippen LogP contribution in [0.25, 0.3) is 0 Å². The summed E-state index contributed by atoms with van der Waals surface area (Å²) in [6.07, 6.45) is 0. The highest BCUT2D eigenvalue weighted by molar-refractivity contribution is 5.81. The average molecular weight is 371 g/mol. The lowest BCUT2D eigenvalue weighted by atomic mass is 10.1. The highest BCUT2D eigenvalue weighted by Crippen LogP contribution is 2.27. The number of phenols is 1.